The van der Waals surface area contributed by atoms with Gasteiger partial charge in [-0.2, -0.15) is 0 Å². The van der Waals surface area contributed by atoms with E-state index in [1.54, 1.807) is 0 Å². The lowest BCUT2D eigenvalue weighted by Gasteiger charge is -2.42. The van der Waals surface area contributed by atoms with Gasteiger partial charge >= 0.3 is 0 Å². The highest BCUT2D eigenvalue weighted by atomic mass is 14.8. The zero-order chi connectivity index (χ0) is 11.4. The van der Waals surface area contributed by atoms with E-state index < -0.39 is 0 Å². The summed E-state index contributed by atoms with van der Waals surface area (Å²) in [6.45, 7) is 14.9. The Kier molecular flexibility index (Phi) is 4.87. The van der Waals surface area contributed by atoms with Crippen LogP contribution in [-0.2, 0) is 0 Å². The monoisotopic (exact) mass is 197 g/mol. The molecule has 0 aromatic carbocycles. The van der Waals surface area contributed by atoms with Crippen LogP contribution in [0.1, 0.15) is 53.9 Å². The molecule has 1 nitrogen and oxygen atoms in total. The maximum absolute atomic E-state index is 6.46. The van der Waals surface area contributed by atoms with Crippen molar-refractivity contribution >= 4 is 0 Å². The van der Waals surface area contributed by atoms with Gasteiger partial charge in [-0.3, -0.25) is 0 Å². The van der Waals surface area contributed by atoms with Gasteiger partial charge in [0.15, 0.2) is 0 Å². The van der Waals surface area contributed by atoms with E-state index in [1.807, 2.05) is 6.08 Å². The van der Waals surface area contributed by atoms with Crippen LogP contribution >= 0.6 is 0 Å². The maximum Gasteiger partial charge on any atom is 0.0238 e. The van der Waals surface area contributed by atoms with E-state index in [0.717, 1.165) is 18.8 Å². The average molecular weight is 197 g/mol. The molecule has 1 atom stereocenters. The zero-order valence-corrected chi connectivity index (χ0v) is 10.6. The fourth-order valence-corrected chi connectivity index (χ4v) is 1.70. The summed E-state index contributed by atoms with van der Waals surface area (Å²) in [7, 11) is 0. The highest BCUT2D eigenvalue weighted by Gasteiger charge is 2.37. The quantitative estimate of drug-likeness (QED) is 0.645. The molecule has 0 bridgehead atoms. The van der Waals surface area contributed by atoms with E-state index >= 15 is 0 Å². The number of nitrogens with two attached hydrogens (primary N) is 1. The van der Waals surface area contributed by atoms with Crippen molar-refractivity contribution in [3.05, 3.63) is 12.7 Å². The van der Waals surface area contributed by atoms with E-state index in [4.69, 9.17) is 5.73 Å². The molecule has 0 saturated carbocycles. The summed E-state index contributed by atoms with van der Waals surface area (Å²) in [5, 5.41) is 0. The standard InChI is InChI=1S/C13H27N/c1-7-12(5,6)13(14,8-2)10-9-11(3)4/h7,11H,1,8-10,14H2,2-6H3. The summed E-state index contributed by atoms with van der Waals surface area (Å²) in [4.78, 5) is 0. The van der Waals surface area contributed by atoms with Crippen LogP contribution in [0.25, 0.3) is 0 Å². The molecule has 1 unspecified atom stereocenters. The van der Waals surface area contributed by atoms with Gasteiger partial charge in [-0.1, -0.05) is 40.7 Å². The minimum atomic E-state index is -0.0982. The smallest absolute Gasteiger partial charge is 0.0238 e. The van der Waals surface area contributed by atoms with E-state index in [2.05, 4.69) is 41.2 Å². The van der Waals surface area contributed by atoms with Crippen LogP contribution in [0.3, 0.4) is 0 Å². The summed E-state index contributed by atoms with van der Waals surface area (Å²) in [5.74, 6) is 0.727. The predicted octanol–water partition coefficient (Wildman–Crippen LogP) is 3.74. The Morgan fingerprint density at radius 2 is 1.86 bits per heavy atom. The first-order chi connectivity index (χ1) is 6.29. The third-order valence-electron chi connectivity index (χ3n) is 3.59. The van der Waals surface area contributed by atoms with Gasteiger partial charge in [-0.25, -0.2) is 0 Å². The van der Waals surface area contributed by atoms with Crippen LogP contribution in [0.5, 0.6) is 0 Å². The largest absolute Gasteiger partial charge is 0.324 e. The predicted molar refractivity (Wildman–Crippen MR) is 65.3 cm³/mol. The van der Waals surface area contributed by atoms with Gasteiger partial charge in [0.1, 0.15) is 0 Å². The molecule has 0 fully saturated rings. The van der Waals surface area contributed by atoms with Crippen molar-refractivity contribution in [2.75, 3.05) is 0 Å². The second-order valence-electron chi connectivity index (χ2n) is 5.37. The van der Waals surface area contributed by atoms with E-state index in [-0.39, 0.29) is 11.0 Å². The van der Waals surface area contributed by atoms with Gasteiger partial charge in [0.2, 0.25) is 0 Å². The first-order valence-electron chi connectivity index (χ1n) is 5.71. The molecule has 0 radical (unpaired) electrons. The molecule has 0 aliphatic carbocycles. The molecule has 2 N–H and O–H groups in total. The molecule has 0 rings (SSSR count). The van der Waals surface area contributed by atoms with Crippen molar-refractivity contribution in [2.45, 2.75) is 59.4 Å². The van der Waals surface area contributed by atoms with Crippen molar-refractivity contribution in [1.29, 1.82) is 0 Å². The van der Waals surface area contributed by atoms with E-state index in [9.17, 15) is 0 Å². The minimum Gasteiger partial charge on any atom is -0.324 e. The highest BCUT2D eigenvalue weighted by Crippen LogP contribution is 2.36. The van der Waals surface area contributed by atoms with Gasteiger partial charge in [0.05, 0.1) is 0 Å². The second kappa shape index (κ2) is 4.97. The zero-order valence-electron chi connectivity index (χ0n) is 10.6. The van der Waals surface area contributed by atoms with Crippen LogP contribution in [0.4, 0.5) is 0 Å². The van der Waals surface area contributed by atoms with Crippen LogP contribution < -0.4 is 5.73 Å². The van der Waals surface area contributed by atoms with Crippen molar-refractivity contribution in [3.63, 3.8) is 0 Å². The van der Waals surface area contributed by atoms with Crippen LogP contribution in [0.15, 0.2) is 12.7 Å². The molecule has 14 heavy (non-hydrogen) atoms. The summed E-state index contributed by atoms with van der Waals surface area (Å²) in [6, 6.07) is 0. The maximum atomic E-state index is 6.46. The fourth-order valence-electron chi connectivity index (χ4n) is 1.70. The third kappa shape index (κ3) is 3.13. The molecular weight excluding hydrogens is 170 g/mol. The minimum absolute atomic E-state index is 0.0244. The lowest BCUT2D eigenvalue weighted by Crippen LogP contribution is -2.51. The molecule has 1 heteroatoms. The van der Waals surface area contributed by atoms with Crippen LogP contribution in [-0.4, -0.2) is 5.54 Å². The Hall–Kier alpha value is -0.300. The highest BCUT2D eigenvalue weighted by molar-refractivity contribution is 5.05. The SMILES string of the molecule is C=CC(C)(C)C(N)(CC)CCC(C)C. The van der Waals surface area contributed by atoms with Crippen LogP contribution in [0, 0.1) is 11.3 Å². The number of hydrogen-bond acceptors (Lipinski definition) is 1. The Morgan fingerprint density at radius 1 is 1.36 bits per heavy atom. The molecule has 0 aliphatic heterocycles. The average Bonchev–Trinajstić information content (AvgIpc) is 2.13. The van der Waals surface area contributed by atoms with Crippen molar-refractivity contribution in [3.8, 4) is 0 Å². The lowest BCUT2D eigenvalue weighted by atomic mass is 9.68. The molecule has 0 aromatic rings. The Balaban J connectivity index is 4.54. The van der Waals surface area contributed by atoms with E-state index in [0.29, 0.717) is 0 Å². The summed E-state index contributed by atoms with van der Waals surface area (Å²) in [6.07, 6.45) is 5.29. The number of hydrogen-bond donors (Lipinski definition) is 1. The van der Waals surface area contributed by atoms with Gasteiger partial charge in [-0.05, 0) is 25.2 Å². The molecule has 0 amide bonds. The Bertz CT molecular complexity index is 182. The Morgan fingerprint density at radius 3 is 2.14 bits per heavy atom. The normalized spacial score (nSPS) is 16.8. The topological polar surface area (TPSA) is 26.0 Å². The first kappa shape index (κ1) is 13.7. The van der Waals surface area contributed by atoms with Crippen molar-refractivity contribution in [1.82, 2.24) is 0 Å². The van der Waals surface area contributed by atoms with Gasteiger partial charge in [0.25, 0.3) is 0 Å². The second-order valence-corrected chi connectivity index (χ2v) is 5.37. The molecule has 0 heterocycles. The van der Waals surface area contributed by atoms with E-state index in [1.165, 1.54) is 6.42 Å². The lowest BCUT2D eigenvalue weighted by molar-refractivity contribution is 0.189. The Labute approximate surface area is 89.8 Å². The molecule has 0 spiro atoms. The third-order valence-corrected chi connectivity index (χ3v) is 3.59. The molecular formula is C13H27N. The van der Waals surface area contributed by atoms with Gasteiger partial charge in [-0.15, -0.1) is 6.58 Å². The number of rotatable bonds is 6. The molecule has 0 aliphatic rings. The molecule has 0 aromatic heterocycles. The van der Waals surface area contributed by atoms with Crippen molar-refractivity contribution in [2.24, 2.45) is 17.1 Å². The van der Waals surface area contributed by atoms with Crippen LogP contribution in [0.2, 0.25) is 0 Å². The van der Waals surface area contributed by atoms with Gasteiger partial charge < -0.3 is 5.73 Å². The first-order valence-corrected chi connectivity index (χ1v) is 5.71. The fraction of sp³-hybridized carbons (Fsp3) is 0.846. The summed E-state index contributed by atoms with van der Waals surface area (Å²) < 4.78 is 0. The van der Waals surface area contributed by atoms with Crippen molar-refractivity contribution < 1.29 is 0 Å². The molecule has 0 saturated heterocycles. The summed E-state index contributed by atoms with van der Waals surface area (Å²) in [5.41, 5.74) is 6.39. The summed E-state index contributed by atoms with van der Waals surface area (Å²) >= 11 is 0. The van der Waals surface area contributed by atoms with Gasteiger partial charge in [0, 0.05) is 11.0 Å². The molecule has 84 valence electrons.